The molecule has 3 nitrogen and oxygen atoms in total. The van der Waals surface area contributed by atoms with E-state index in [1.165, 1.54) is 15.6 Å². The molecule has 1 amide bonds. The molecule has 0 saturated carbocycles. The second kappa shape index (κ2) is 5.29. The van der Waals surface area contributed by atoms with Gasteiger partial charge in [-0.3, -0.25) is 4.79 Å². The van der Waals surface area contributed by atoms with Crippen LogP contribution in [-0.4, -0.2) is 31.4 Å². The second-order valence-corrected chi connectivity index (χ2v) is 4.95. The van der Waals surface area contributed by atoms with Gasteiger partial charge in [-0.25, -0.2) is 0 Å². The first-order valence-electron chi connectivity index (χ1n) is 5.56. The number of likely N-dealkylation sites (N-methyl/N-ethyl adjacent to an activating group) is 2. The highest BCUT2D eigenvalue weighted by Crippen LogP contribution is 2.26. The fraction of sp³-hybridized carbons (Fsp3) is 0.308. The fourth-order valence-corrected chi connectivity index (χ4v) is 2.74. The Labute approximate surface area is 105 Å². The molecule has 2 aromatic rings. The number of amides is 1. The van der Waals surface area contributed by atoms with Gasteiger partial charge in [-0.1, -0.05) is 18.2 Å². The van der Waals surface area contributed by atoms with Crippen LogP contribution in [0.25, 0.3) is 10.1 Å². The first-order valence-corrected chi connectivity index (χ1v) is 6.44. The zero-order chi connectivity index (χ0) is 12.3. The van der Waals surface area contributed by atoms with Gasteiger partial charge in [0.05, 0.1) is 6.54 Å². The number of benzene rings is 1. The first-order chi connectivity index (χ1) is 8.22. The lowest BCUT2D eigenvalue weighted by Crippen LogP contribution is -2.33. The monoisotopic (exact) mass is 248 g/mol. The summed E-state index contributed by atoms with van der Waals surface area (Å²) >= 11 is 1.73. The molecule has 1 aromatic carbocycles. The fourth-order valence-electron chi connectivity index (χ4n) is 1.79. The van der Waals surface area contributed by atoms with E-state index >= 15 is 0 Å². The number of carbonyl (C=O) groups is 1. The summed E-state index contributed by atoms with van der Waals surface area (Å²) in [5.41, 5.74) is 1.22. The SMILES string of the molecule is CNCC(=O)N(C)Cc1csc2ccccc12. The second-order valence-electron chi connectivity index (χ2n) is 4.04. The van der Waals surface area contributed by atoms with Gasteiger partial charge < -0.3 is 10.2 Å². The highest BCUT2D eigenvalue weighted by molar-refractivity contribution is 7.17. The summed E-state index contributed by atoms with van der Waals surface area (Å²) in [4.78, 5) is 13.4. The van der Waals surface area contributed by atoms with Crippen molar-refractivity contribution < 1.29 is 4.79 Å². The summed E-state index contributed by atoms with van der Waals surface area (Å²) in [5.74, 6) is 0.114. The Hall–Kier alpha value is -1.39. The van der Waals surface area contributed by atoms with Gasteiger partial charge in [-0.05, 0) is 29.4 Å². The summed E-state index contributed by atoms with van der Waals surface area (Å²) in [6, 6.07) is 8.29. The molecule has 0 fully saturated rings. The van der Waals surface area contributed by atoms with E-state index in [-0.39, 0.29) is 5.91 Å². The van der Waals surface area contributed by atoms with E-state index in [1.54, 1.807) is 23.3 Å². The van der Waals surface area contributed by atoms with Crippen LogP contribution in [-0.2, 0) is 11.3 Å². The molecule has 1 N–H and O–H groups in total. The Kier molecular flexibility index (Phi) is 3.76. The Balaban J connectivity index is 2.16. The van der Waals surface area contributed by atoms with E-state index in [2.05, 4.69) is 22.8 Å². The third-order valence-corrected chi connectivity index (χ3v) is 3.73. The van der Waals surface area contributed by atoms with Crippen LogP contribution in [0.2, 0.25) is 0 Å². The first kappa shape index (κ1) is 12.1. The number of hydrogen-bond acceptors (Lipinski definition) is 3. The van der Waals surface area contributed by atoms with Crippen LogP contribution in [0.3, 0.4) is 0 Å². The van der Waals surface area contributed by atoms with E-state index in [1.807, 2.05) is 19.2 Å². The predicted molar refractivity (Wildman–Crippen MR) is 72.2 cm³/mol. The molecule has 0 radical (unpaired) electrons. The van der Waals surface area contributed by atoms with Crippen molar-refractivity contribution in [1.29, 1.82) is 0 Å². The van der Waals surface area contributed by atoms with Crippen LogP contribution in [0.5, 0.6) is 0 Å². The van der Waals surface area contributed by atoms with E-state index < -0.39 is 0 Å². The lowest BCUT2D eigenvalue weighted by Gasteiger charge is -2.16. The number of fused-ring (bicyclic) bond motifs is 1. The maximum absolute atomic E-state index is 11.7. The van der Waals surface area contributed by atoms with Crippen molar-refractivity contribution >= 4 is 27.3 Å². The molecule has 4 heteroatoms. The molecule has 1 aromatic heterocycles. The zero-order valence-electron chi connectivity index (χ0n) is 10.1. The van der Waals surface area contributed by atoms with E-state index in [0.29, 0.717) is 13.1 Å². The largest absolute Gasteiger partial charge is 0.340 e. The molecule has 90 valence electrons. The van der Waals surface area contributed by atoms with Crippen molar-refractivity contribution in [2.24, 2.45) is 0 Å². The third-order valence-electron chi connectivity index (χ3n) is 2.72. The molecule has 0 spiro atoms. The molecule has 0 aliphatic heterocycles. The van der Waals surface area contributed by atoms with Gasteiger partial charge in [0.15, 0.2) is 0 Å². The summed E-state index contributed by atoms with van der Waals surface area (Å²) in [6.45, 7) is 1.06. The topological polar surface area (TPSA) is 32.3 Å². The summed E-state index contributed by atoms with van der Waals surface area (Å²) in [5, 5.41) is 6.26. The quantitative estimate of drug-likeness (QED) is 0.898. The molecule has 0 bridgehead atoms. The summed E-state index contributed by atoms with van der Waals surface area (Å²) in [6.07, 6.45) is 0. The minimum atomic E-state index is 0.114. The third kappa shape index (κ3) is 2.65. The van der Waals surface area contributed by atoms with Gasteiger partial charge in [-0.2, -0.15) is 0 Å². The maximum Gasteiger partial charge on any atom is 0.236 e. The van der Waals surface area contributed by atoms with Gasteiger partial charge in [0.25, 0.3) is 0 Å². The van der Waals surface area contributed by atoms with Crippen molar-refractivity contribution in [1.82, 2.24) is 10.2 Å². The molecule has 0 atom stereocenters. The Morgan fingerprint density at radius 3 is 2.94 bits per heavy atom. The Morgan fingerprint density at radius 1 is 1.41 bits per heavy atom. The number of hydrogen-bond donors (Lipinski definition) is 1. The minimum absolute atomic E-state index is 0.114. The minimum Gasteiger partial charge on any atom is -0.340 e. The van der Waals surface area contributed by atoms with Gasteiger partial charge in [0.1, 0.15) is 0 Å². The average molecular weight is 248 g/mol. The number of rotatable bonds is 4. The van der Waals surface area contributed by atoms with Crippen molar-refractivity contribution in [3.05, 3.63) is 35.2 Å². The van der Waals surface area contributed by atoms with Crippen LogP contribution in [0.15, 0.2) is 29.6 Å². The van der Waals surface area contributed by atoms with Crippen LogP contribution in [0.1, 0.15) is 5.56 Å². The van der Waals surface area contributed by atoms with Crippen molar-refractivity contribution in [3.8, 4) is 0 Å². The van der Waals surface area contributed by atoms with Crippen LogP contribution >= 0.6 is 11.3 Å². The average Bonchev–Trinajstić information content (AvgIpc) is 2.73. The standard InChI is InChI=1S/C13H16N2OS/c1-14-7-13(16)15(2)8-10-9-17-12-6-4-3-5-11(10)12/h3-6,9,14H,7-8H2,1-2H3. The number of thiophene rings is 1. The van der Waals surface area contributed by atoms with Gasteiger partial charge in [0.2, 0.25) is 5.91 Å². The highest BCUT2D eigenvalue weighted by Gasteiger charge is 2.10. The number of nitrogens with one attached hydrogen (secondary N) is 1. The molecular weight excluding hydrogens is 232 g/mol. The van der Waals surface area contributed by atoms with Crippen LogP contribution in [0, 0.1) is 0 Å². The van der Waals surface area contributed by atoms with Gasteiger partial charge in [0, 0.05) is 18.3 Å². The molecule has 0 unspecified atom stereocenters. The van der Waals surface area contributed by atoms with E-state index in [4.69, 9.17) is 0 Å². The van der Waals surface area contributed by atoms with Gasteiger partial charge in [-0.15, -0.1) is 11.3 Å². The van der Waals surface area contributed by atoms with E-state index in [0.717, 1.165) is 0 Å². The predicted octanol–water partition coefficient (Wildman–Crippen LogP) is 2.08. The molecule has 0 aliphatic rings. The van der Waals surface area contributed by atoms with Crippen molar-refractivity contribution in [2.75, 3.05) is 20.6 Å². The molecule has 17 heavy (non-hydrogen) atoms. The summed E-state index contributed by atoms with van der Waals surface area (Å²) in [7, 11) is 3.62. The lowest BCUT2D eigenvalue weighted by atomic mass is 10.2. The smallest absolute Gasteiger partial charge is 0.236 e. The molecule has 0 saturated heterocycles. The molecular formula is C13H16N2OS. The maximum atomic E-state index is 11.7. The molecule has 1 heterocycles. The van der Waals surface area contributed by atoms with E-state index in [9.17, 15) is 4.79 Å². The van der Waals surface area contributed by atoms with Gasteiger partial charge >= 0.3 is 0 Å². The number of nitrogens with zero attached hydrogens (tertiary/aromatic N) is 1. The number of carbonyl (C=O) groups excluding carboxylic acids is 1. The Morgan fingerprint density at radius 2 is 2.18 bits per heavy atom. The van der Waals surface area contributed by atoms with Crippen molar-refractivity contribution in [3.63, 3.8) is 0 Å². The molecule has 0 aliphatic carbocycles. The van der Waals surface area contributed by atoms with Crippen molar-refractivity contribution in [2.45, 2.75) is 6.54 Å². The Bertz CT molecular complexity index is 521. The van der Waals surface area contributed by atoms with Crippen LogP contribution < -0.4 is 5.32 Å². The normalized spacial score (nSPS) is 10.7. The lowest BCUT2D eigenvalue weighted by molar-refractivity contribution is -0.129. The molecule has 2 rings (SSSR count). The van der Waals surface area contributed by atoms with Crippen LogP contribution in [0.4, 0.5) is 0 Å². The zero-order valence-corrected chi connectivity index (χ0v) is 10.9. The summed E-state index contributed by atoms with van der Waals surface area (Å²) < 4.78 is 1.27. The highest BCUT2D eigenvalue weighted by atomic mass is 32.1.